The molecule has 1 saturated heterocycles. The van der Waals surface area contributed by atoms with E-state index in [1.54, 1.807) is 66.6 Å². The highest BCUT2D eigenvalue weighted by Gasteiger charge is 2.34. The predicted octanol–water partition coefficient (Wildman–Crippen LogP) is 2.37. The summed E-state index contributed by atoms with van der Waals surface area (Å²) in [4.78, 5) is 38.1. The Morgan fingerprint density at radius 3 is 2.68 bits per heavy atom. The van der Waals surface area contributed by atoms with Gasteiger partial charge in [0.1, 0.15) is 11.5 Å². The first-order valence-corrected chi connectivity index (χ1v) is 9.86. The molecule has 3 rings (SSSR count). The van der Waals surface area contributed by atoms with Gasteiger partial charge < -0.3 is 25.0 Å². The number of amides is 3. The second kappa shape index (κ2) is 10.3. The van der Waals surface area contributed by atoms with Crippen LogP contribution in [0.5, 0.6) is 11.5 Å². The number of rotatable bonds is 9. The number of carbonyl (C=O) groups excluding carboxylic acids is 3. The third-order valence-electron chi connectivity index (χ3n) is 4.79. The van der Waals surface area contributed by atoms with E-state index < -0.39 is 0 Å². The Hall–Kier alpha value is -3.81. The SMILES string of the molecule is C=CCNC(=O)[C@H]1CC(=O)N(c2ccc(OCC(=O)Nc3cccc(OC)c3)cc2)C1. The molecule has 0 spiro atoms. The van der Waals surface area contributed by atoms with Crippen molar-refractivity contribution >= 4 is 29.1 Å². The third kappa shape index (κ3) is 5.85. The molecular formula is C23H25N3O5. The van der Waals surface area contributed by atoms with Gasteiger partial charge in [0.15, 0.2) is 6.61 Å². The third-order valence-corrected chi connectivity index (χ3v) is 4.79. The number of nitrogens with one attached hydrogen (secondary N) is 2. The summed E-state index contributed by atoms with van der Waals surface area (Å²) in [6, 6.07) is 13.9. The molecule has 1 atom stereocenters. The van der Waals surface area contributed by atoms with Gasteiger partial charge in [-0.25, -0.2) is 0 Å². The highest BCUT2D eigenvalue weighted by Crippen LogP contribution is 2.27. The van der Waals surface area contributed by atoms with Crippen LogP contribution in [-0.4, -0.2) is 44.5 Å². The minimum Gasteiger partial charge on any atom is -0.497 e. The molecule has 0 radical (unpaired) electrons. The van der Waals surface area contributed by atoms with Crippen LogP contribution in [0.25, 0.3) is 0 Å². The Morgan fingerprint density at radius 2 is 1.97 bits per heavy atom. The van der Waals surface area contributed by atoms with Crippen LogP contribution >= 0.6 is 0 Å². The molecule has 1 fully saturated rings. The fourth-order valence-electron chi connectivity index (χ4n) is 3.22. The van der Waals surface area contributed by atoms with Crippen LogP contribution in [0.2, 0.25) is 0 Å². The average molecular weight is 423 g/mol. The van der Waals surface area contributed by atoms with Gasteiger partial charge in [-0.15, -0.1) is 6.58 Å². The van der Waals surface area contributed by atoms with Crippen molar-refractivity contribution in [3.63, 3.8) is 0 Å². The molecule has 8 heteroatoms. The quantitative estimate of drug-likeness (QED) is 0.604. The lowest BCUT2D eigenvalue weighted by Gasteiger charge is -2.17. The summed E-state index contributed by atoms with van der Waals surface area (Å²) in [6.07, 6.45) is 1.77. The van der Waals surface area contributed by atoms with Gasteiger partial charge in [0.05, 0.1) is 13.0 Å². The Morgan fingerprint density at radius 1 is 1.19 bits per heavy atom. The molecule has 8 nitrogen and oxygen atoms in total. The smallest absolute Gasteiger partial charge is 0.262 e. The van der Waals surface area contributed by atoms with E-state index in [1.807, 2.05) is 0 Å². The molecule has 2 aromatic rings. The Bertz CT molecular complexity index is 958. The second-order valence-electron chi connectivity index (χ2n) is 7.00. The minimum absolute atomic E-state index is 0.106. The summed E-state index contributed by atoms with van der Waals surface area (Å²) < 4.78 is 10.7. The lowest BCUT2D eigenvalue weighted by atomic mass is 10.1. The van der Waals surface area contributed by atoms with E-state index in [9.17, 15) is 14.4 Å². The van der Waals surface area contributed by atoms with Gasteiger partial charge >= 0.3 is 0 Å². The molecule has 2 aromatic carbocycles. The highest BCUT2D eigenvalue weighted by molar-refractivity contribution is 6.00. The molecule has 1 heterocycles. The molecular weight excluding hydrogens is 398 g/mol. The molecule has 162 valence electrons. The number of hydrogen-bond donors (Lipinski definition) is 2. The molecule has 0 bridgehead atoms. The normalized spacial score (nSPS) is 15.3. The average Bonchev–Trinajstić information content (AvgIpc) is 3.18. The summed E-state index contributed by atoms with van der Waals surface area (Å²) in [5.74, 6) is 0.189. The summed E-state index contributed by atoms with van der Waals surface area (Å²) in [7, 11) is 1.56. The Labute approximate surface area is 180 Å². The van der Waals surface area contributed by atoms with Crippen LogP contribution in [0.1, 0.15) is 6.42 Å². The van der Waals surface area contributed by atoms with E-state index in [0.29, 0.717) is 36.0 Å². The van der Waals surface area contributed by atoms with Crippen LogP contribution in [-0.2, 0) is 14.4 Å². The monoisotopic (exact) mass is 423 g/mol. The van der Waals surface area contributed by atoms with Crippen molar-refractivity contribution in [3.05, 3.63) is 61.2 Å². The predicted molar refractivity (Wildman–Crippen MR) is 117 cm³/mol. The Kier molecular flexibility index (Phi) is 7.26. The maximum Gasteiger partial charge on any atom is 0.262 e. The number of anilines is 2. The van der Waals surface area contributed by atoms with Crippen molar-refractivity contribution in [1.29, 1.82) is 0 Å². The summed E-state index contributed by atoms with van der Waals surface area (Å²) >= 11 is 0. The zero-order chi connectivity index (χ0) is 22.2. The van der Waals surface area contributed by atoms with E-state index in [4.69, 9.17) is 9.47 Å². The van der Waals surface area contributed by atoms with Gasteiger partial charge in [0.2, 0.25) is 11.8 Å². The van der Waals surface area contributed by atoms with E-state index in [0.717, 1.165) is 0 Å². The van der Waals surface area contributed by atoms with Gasteiger partial charge in [-0.3, -0.25) is 14.4 Å². The number of methoxy groups -OCH3 is 1. The Balaban J connectivity index is 1.52. The first-order valence-electron chi connectivity index (χ1n) is 9.86. The fraction of sp³-hybridized carbons (Fsp3) is 0.261. The van der Waals surface area contributed by atoms with E-state index in [1.165, 1.54) is 0 Å². The first-order chi connectivity index (χ1) is 15.0. The summed E-state index contributed by atoms with van der Waals surface area (Å²) in [6.45, 7) is 4.10. The maximum atomic E-state index is 12.3. The van der Waals surface area contributed by atoms with Crippen molar-refractivity contribution in [2.45, 2.75) is 6.42 Å². The topological polar surface area (TPSA) is 97.0 Å². The van der Waals surface area contributed by atoms with Gasteiger partial charge in [0.25, 0.3) is 5.91 Å². The summed E-state index contributed by atoms with van der Waals surface area (Å²) in [5.41, 5.74) is 1.29. The standard InChI is InChI=1S/C23H25N3O5/c1-3-11-24-23(29)16-12-22(28)26(14-16)18-7-9-19(10-8-18)31-15-21(27)25-17-5-4-6-20(13-17)30-2/h3-10,13,16H,1,11-12,14-15H2,2H3,(H,24,29)(H,25,27)/t16-/m0/s1. The molecule has 1 aliphatic heterocycles. The van der Waals surface area contributed by atoms with Gasteiger partial charge in [0, 0.05) is 37.0 Å². The van der Waals surface area contributed by atoms with Crippen LogP contribution in [0.4, 0.5) is 11.4 Å². The highest BCUT2D eigenvalue weighted by atomic mass is 16.5. The minimum atomic E-state index is -0.385. The van der Waals surface area contributed by atoms with Crippen molar-refractivity contribution in [2.24, 2.45) is 5.92 Å². The van der Waals surface area contributed by atoms with Crippen LogP contribution < -0.4 is 25.0 Å². The second-order valence-corrected chi connectivity index (χ2v) is 7.00. The van der Waals surface area contributed by atoms with E-state index in [2.05, 4.69) is 17.2 Å². The van der Waals surface area contributed by atoms with Crippen molar-refractivity contribution in [2.75, 3.05) is 37.0 Å². The largest absolute Gasteiger partial charge is 0.497 e. The number of carbonyl (C=O) groups is 3. The molecule has 3 amide bonds. The molecule has 0 unspecified atom stereocenters. The number of hydrogen-bond acceptors (Lipinski definition) is 5. The number of nitrogens with zero attached hydrogens (tertiary/aromatic N) is 1. The number of ether oxygens (including phenoxy) is 2. The first kappa shape index (κ1) is 21.9. The molecule has 2 N–H and O–H groups in total. The van der Waals surface area contributed by atoms with E-state index >= 15 is 0 Å². The van der Waals surface area contributed by atoms with Gasteiger partial charge in [-0.05, 0) is 36.4 Å². The maximum absolute atomic E-state index is 12.3. The summed E-state index contributed by atoms with van der Waals surface area (Å²) in [5, 5.41) is 5.46. The van der Waals surface area contributed by atoms with Gasteiger partial charge in [-0.2, -0.15) is 0 Å². The lowest BCUT2D eigenvalue weighted by Crippen LogP contribution is -2.32. The molecule has 0 aliphatic carbocycles. The number of benzene rings is 2. The van der Waals surface area contributed by atoms with Crippen molar-refractivity contribution < 1.29 is 23.9 Å². The fourth-order valence-corrected chi connectivity index (χ4v) is 3.22. The van der Waals surface area contributed by atoms with Gasteiger partial charge in [-0.1, -0.05) is 12.1 Å². The molecule has 31 heavy (non-hydrogen) atoms. The zero-order valence-corrected chi connectivity index (χ0v) is 17.3. The van der Waals surface area contributed by atoms with Crippen LogP contribution in [0.3, 0.4) is 0 Å². The molecule has 0 saturated carbocycles. The molecule has 1 aliphatic rings. The van der Waals surface area contributed by atoms with Crippen LogP contribution in [0, 0.1) is 5.92 Å². The lowest BCUT2D eigenvalue weighted by molar-refractivity contribution is -0.126. The van der Waals surface area contributed by atoms with Crippen molar-refractivity contribution in [3.8, 4) is 11.5 Å². The van der Waals surface area contributed by atoms with E-state index in [-0.39, 0.29) is 36.7 Å². The molecule has 0 aromatic heterocycles. The van der Waals surface area contributed by atoms with Crippen LogP contribution in [0.15, 0.2) is 61.2 Å². The zero-order valence-electron chi connectivity index (χ0n) is 17.3. The van der Waals surface area contributed by atoms with Crippen molar-refractivity contribution in [1.82, 2.24) is 5.32 Å².